The second kappa shape index (κ2) is 11.2. The summed E-state index contributed by atoms with van der Waals surface area (Å²) >= 11 is 0.168. The summed E-state index contributed by atoms with van der Waals surface area (Å²) in [4.78, 5) is 17.0. The lowest BCUT2D eigenvalue weighted by Crippen LogP contribution is -2.51. The van der Waals surface area contributed by atoms with Crippen LogP contribution < -0.4 is 0 Å². The van der Waals surface area contributed by atoms with Crippen LogP contribution in [0.5, 0.6) is 0 Å². The number of carbonyl (C=O) groups is 1. The number of halogens is 6. The quantitative estimate of drug-likeness (QED) is 0.180. The van der Waals surface area contributed by atoms with Crippen LogP contribution in [-0.2, 0) is 29.7 Å². The van der Waals surface area contributed by atoms with E-state index < -0.39 is 67.1 Å². The van der Waals surface area contributed by atoms with Gasteiger partial charge < -0.3 is 0 Å². The predicted molar refractivity (Wildman–Crippen MR) is 150 cm³/mol. The van der Waals surface area contributed by atoms with Crippen LogP contribution >= 0.6 is 11.3 Å². The Balaban J connectivity index is 1.45. The van der Waals surface area contributed by atoms with E-state index in [-0.39, 0.29) is 37.0 Å². The van der Waals surface area contributed by atoms with Crippen molar-refractivity contribution < 1.29 is 39.6 Å². The van der Waals surface area contributed by atoms with Gasteiger partial charge in [0.1, 0.15) is 10.7 Å². The molecule has 1 fully saturated rings. The van der Waals surface area contributed by atoms with Gasteiger partial charge in [0.2, 0.25) is 5.78 Å². The Hall–Kier alpha value is -3.83. The average molecular weight is 671 g/mol. The highest BCUT2D eigenvalue weighted by Gasteiger charge is 2.53. The number of alkyl halides is 5. The van der Waals surface area contributed by atoms with Crippen molar-refractivity contribution >= 4 is 33.2 Å². The van der Waals surface area contributed by atoms with Gasteiger partial charge in [-0.1, -0.05) is 5.57 Å². The van der Waals surface area contributed by atoms with E-state index in [4.69, 9.17) is 0 Å². The normalized spacial score (nSPS) is 20.3. The van der Waals surface area contributed by atoms with Crippen LogP contribution in [0, 0.1) is 11.2 Å². The van der Waals surface area contributed by atoms with Crippen LogP contribution in [0.25, 0.3) is 11.8 Å². The molecule has 3 aromatic heterocycles. The lowest BCUT2D eigenvalue weighted by molar-refractivity contribution is -0.134. The molecule has 4 aromatic rings. The summed E-state index contributed by atoms with van der Waals surface area (Å²) in [5, 5.41) is 7.40. The monoisotopic (exact) mass is 670 g/mol. The first-order valence-corrected chi connectivity index (χ1v) is 15.9. The van der Waals surface area contributed by atoms with E-state index in [9.17, 15) is 39.6 Å². The number of carbonyl (C=O) groups excluding carboxylic acids is 1. The number of hydrogen-bond donors (Lipinski definition) is 0. The Labute approximate surface area is 256 Å². The van der Waals surface area contributed by atoms with Crippen LogP contribution in [-0.4, -0.2) is 62.1 Å². The Bertz CT molecular complexity index is 1900. The summed E-state index contributed by atoms with van der Waals surface area (Å²) < 4.78 is 112. The van der Waals surface area contributed by atoms with Gasteiger partial charge in [0.15, 0.2) is 10.0 Å². The van der Waals surface area contributed by atoms with Crippen molar-refractivity contribution in [3.63, 3.8) is 0 Å². The smallest absolute Gasteiger partial charge is 0.290 e. The van der Waals surface area contributed by atoms with Gasteiger partial charge in [0.25, 0.3) is 16.4 Å². The van der Waals surface area contributed by atoms with Crippen molar-refractivity contribution in [3.8, 4) is 5.69 Å². The standard InChI is InChI=1S/C28H24F6N6O3S2/c1-38-9-8-24(37-38)45(42,43)39(15-23(30)31)20-5-2-17-10-21-16(13-36-40(21)19-6-3-18(29)4-7-19)11-27(17,12-20)25(41)26-35-14-22(44-26)28(32,33)34/h3-4,6-10,13-14,20,23H,2,5,11-12,15H2,1H3/t20-,27-/m0/s1. The van der Waals surface area contributed by atoms with Crippen molar-refractivity contribution in [1.29, 1.82) is 0 Å². The molecule has 0 bridgehead atoms. The molecule has 2 aliphatic carbocycles. The van der Waals surface area contributed by atoms with Crippen molar-refractivity contribution in [3.05, 3.63) is 81.5 Å². The Kier molecular flexibility index (Phi) is 7.76. The molecule has 45 heavy (non-hydrogen) atoms. The minimum absolute atomic E-state index is 0.0470. The molecule has 2 atom stereocenters. The average Bonchev–Trinajstić information content (AvgIpc) is 3.74. The molecule has 0 radical (unpaired) electrons. The number of fused-ring (bicyclic) bond motifs is 2. The van der Waals surface area contributed by atoms with Gasteiger partial charge in [-0.3, -0.25) is 9.48 Å². The second-order valence-electron chi connectivity index (χ2n) is 10.9. The number of Topliss-reactive ketones (excluding diaryl/α,β-unsaturated/α-hetero) is 1. The molecule has 0 aliphatic heterocycles. The number of benzene rings is 1. The number of rotatable bonds is 8. The lowest BCUT2D eigenvalue weighted by Gasteiger charge is -2.46. The highest BCUT2D eigenvalue weighted by atomic mass is 32.2. The molecule has 1 saturated carbocycles. The molecule has 0 N–H and O–H groups in total. The molecule has 0 spiro atoms. The van der Waals surface area contributed by atoms with Gasteiger partial charge in [-0.2, -0.15) is 27.7 Å². The first kappa shape index (κ1) is 31.2. The highest BCUT2D eigenvalue weighted by molar-refractivity contribution is 7.89. The first-order valence-electron chi connectivity index (χ1n) is 13.6. The van der Waals surface area contributed by atoms with Crippen molar-refractivity contribution in [2.75, 3.05) is 6.54 Å². The van der Waals surface area contributed by atoms with E-state index in [2.05, 4.69) is 15.2 Å². The zero-order chi connectivity index (χ0) is 32.3. The van der Waals surface area contributed by atoms with E-state index in [1.165, 1.54) is 59.1 Å². The fraction of sp³-hybridized carbons (Fsp3) is 0.357. The predicted octanol–water partition coefficient (Wildman–Crippen LogP) is 5.54. The van der Waals surface area contributed by atoms with Gasteiger partial charge >= 0.3 is 6.18 Å². The molecule has 6 rings (SSSR count). The molecule has 0 saturated heterocycles. The minimum atomic E-state index is -4.75. The summed E-state index contributed by atoms with van der Waals surface area (Å²) in [7, 11) is -3.09. The van der Waals surface area contributed by atoms with Crippen molar-refractivity contribution in [2.45, 2.75) is 49.4 Å². The van der Waals surface area contributed by atoms with E-state index in [0.717, 1.165) is 0 Å². The number of thiazole rings is 1. The second-order valence-corrected chi connectivity index (χ2v) is 13.8. The fourth-order valence-electron chi connectivity index (χ4n) is 6.06. The SMILES string of the molecule is Cn1ccc(S(=O)(=O)N(CC(F)F)[C@H]2CCC3=Cc4c(cnn4-c4ccc(F)cc4)C[C@]3(C(=O)c3ncc(C(F)(F)F)s3)C2)n1. The van der Waals surface area contributed by atoms with Gasteiger partial charge in [-0.05, 0) is 67.7 Å². The van der Waals surface area contributed by atoms with E-state index in [1.807, 2.05) is 0 Å². The maximum atomic E-state index is 14.3. The van der Waals surface area contributed by atoms with E-state index in [1.54, 1.807) is 6.08 Å². The number of sulfonamides is 1. The molecular weight excluding hydrogens is 646 g/mol. The summed E-state index contributed by atoms with van der Waals surface area (Å²) in [6.45, 7) is -1.17. The highest BCUT2D eigenvalue weighted by Crippen LogP contribution is 2.52. The molecule has 3 heterocycles. The third-order valence-corrected chi connectivity index (χ3v) is 11.0. The molecule has 9 nitrogen and oxygen atoms in total. The summed E-state index contributed by atoms with van der Waals surface area (Å²) in [6, 6.07) is 5.56. The molecule has 1 aromatic carbocycles. The molecule has 0 amide bonds. The Morgan fingerprint density at radius 2 is 1.91 bits per heavy atom. The number of hydrogen-bond acceptors (Lipinski definition) is 7. The minimum Gasteiger partial charge on any atom is -0.290 e. The van der Waals surface area contributed by atoms with Crippen molar-refractivity contribution in [2.24, 2.45) is 12.5 Å². The Morgan fingerprint density at radius 3 is 2.53 bits per heavy atom. The fourth-order valence-corrected chi connectivity index (χ4v) is 8.47. The number of aryl methyl sites for hydroxylation is 1. The summed E-state index contributed by atoms with van der Waals surface area (Å²) in [5.41, 5.74) is 0.460. The molecule has 17 heteroatoms. The zero-order valence-corrected chi connectivity index (χ0v) is 25.0. The maximum Gasteiger partial charge on any atom is 0.427 e. The maximum absolute atomic E-state index is 14.3. The number of aromatic nitrogens is 5. The molecule has 2 aliphatic rings. The lowest BCUT2D eigenvalue weighted by atomic mass is 9.61. The summed E-state index contributed by atoms with van der Waals surface area (Å²) in [6.07, 6.45) is -3.03. The molecule has 238 valence electrons. The summed E-state index contributed by atoms with van der Waals surface area (Å²) in [5.74, 6) is -1.23. The molecular formula is C28H24F6N6O3S2. The first-order chi connectivity index (χ1) is 21.2. The molecule has 0 unspecified atom stereocenters. The van der Waals surface area contributed by atoms with Crippen LogP contribution in [0.4, 0.5) is 26.3 Å². The number of nitrogens with zero attached hydrogens (tertiary/aromatic N) is 6. The van der Waals surface area contributed by atoms with Gasteiger partial charge in [-0.25, -0.2) is 31.3 Å². The van der Waals surface area contributed by atoms with Crippen LogP contribution in [0.3, 0.4) is 0 Å². The Morgan fingerprint density at radius 1 is 1.18 bits per heavy atom. The van der Waals surface area contributed by atoms with Crippen LogP contribution in [0.15, 0.2) is 59.5 Å². The van der Waals surface area contributed by atoms with Gasteiger partial charge in [0.05, 0.1) is 35.7 Å². The largest absolute Gasteiger partial charge is 0.427 e. The third-order valence-electron chi connectivity index (χ3n) is 8.11. The zero-order valence-electron chi connectivity index (χ0n) is 23.4. The van der Waals surface area contributed by atoms with Crippen molar-refractivity contribution in [1.82, 2.24) is 28.9 Å². The topological polar surface area (TPSA) is 103 Å². The van der Waals surface area contributed by atoms with Crippen LogP contribution in [0.2, 0.25) is 0 Å². The van der Waals surface area contributed by atoms with Gasteiger partial charge in [0, 0.05) is 19.3 Å². The number of allylic oxidation sites excluding steroid dienone is 1. The van der Waals surface area contributed by atoms with Gasteiger partial charge in [-0.15, -0.1) is 11.3 Å². The third kappa shape index (κ3) is 5.61. The van der Waals surface area contributed by atoms with E-state index >= 15 is 0 Å². The van der Waals surface area contributed by atoms with Crippen LogP contribution in [0.1, 0.15) is 45.2 Å². The number of ketones is 1. The van der Waals surface area contributed by atoms with E-state index in [0.29, 0.717) is 33.0 Å².